The van der Waals surface area contributed by atoms with Gasteiger partial charge < -0.3 is 10.1 Å². The lowest BCUT2D eigenvalue weighted by atomic mass is 9.86. The summed E-state index contributed by atoms with van der Waals surface area (Å²) < 4.78 is 7.87. The molecule has 0 amide bonds. The van der Waals surface area contributed by atoms with Gasteiger partial charge in [0.25, 0.3) is 0 Å². The minimum atomic E-state index is 0.169. The van der Waals surface area contributed by atoms with Crippen molar-refractivity contribution in [3.05, 3.63) is 34.0 Å². The Balaban J connectivity index is 1.30. The van der Waals surface area contributed by atoms with E-state index in [1.54, 1.807) is 0 Å². The van der Waals surface area contributed by atoms with Crippen LogP contribution in [0.3, 0.4) is 0 Å². The fourth-order valence-electron chi connectivity index (χ4n) is 3.46. The molecule has 3 heterocycles. The minimum absolute atomic E-state index is 0.169. The Morgan fingerprint density at radius 3 is 3.04 bits per heavy atom. The molecule has 2 fully saturated rings. The summed E-state index contributed by atoms with van der Waals surface area (Å²) in [5.41, 5.74) is 1.18. The highest BCUT2D eigenvalue weighted by atomic mass is 32.1. The van der Waals surface area contributed by atoms with Gasteiger partial charge in [0.1, 0.15) is 6.10 Å². The van der Waals surface area contributed by atoms with Crippen LogP contribution in [0.5, 0.6) is 0 Å². The van der Waals surface area contributed by atoms with Crippen molar-refractivity contribution < 1.29 is 4.74 Å². The fourth-order valence-corrected chi connectivity index (χ4v) is 4.52. The van der Waals surface area contributed by atoms with E-state index >= 15 is 0 Å². The van der Waals surface area contributed by atoms with Gasteiger partial charge in [-0.05, 0) is 25.3 Å². The number of rotatable bonds is 6. The van der Waals surface area contributed by atoms with E-state index in [9.17, 15) is 0 Å². The molecule has 0 bridgehead atoms. The van der Waals surface area contributed by atoms with Crippen molar-refractivity contribution in [3.63, 3.8) is 0 Å². The zero-order valence-corrected chi connectivity index (χ0v) is 14.4. The molecule has 23 heavy (non-hydrogen) atoms. The van der Waals surface area contributed by atoms with Crippen molar-refractivity contribution in [2.24, 2.45) is 13.0 Å². The molecular weight excluding hydrogens is 308 g/mol. The molecular formula is C17H24N4OS. The maximum Gasteiger partial charge on any atom is 0.103 e. The molecule has 5 nitrogen and oxygen atoms in total. The Morgan fingerprint density at radius 2 is 2.30 bits per heavy atom. The van der Waals surface area contributed by atoms with Crippen LogP contribution in [0.4, 0.5) is 0 Å². The van der Waals surface area contributed by atoms with Crippen molar-refractivity contribution in [3.8, 4) is 0 Å². The molecule has 1 aliphatic heterocycles. The van der Waals surface area contributed by atoms with E-state index in [0.29, 0.717) is 5.92 Å². The summed E-state index contributed by atoms with van der Waals surface area (Å²) >= 11 is 1.88. The highest BCUT2D eigenvalue weighted by Gasteiger charge is 2.31. The first kappa shape index (κ1) is 15.3. The zero-order chi connectivity index (χ0) is 15.6. The van der Waals surface area contributed by atoms with Gasteiger partial charge in [-0.3, -0.25) is 4.68 Å². The van der Waals surface area contributed by atoms with Crippen LogP contribution in [0, 0.1) is 5.92 Å². The molecule has 0 radical (unpaired) electrons. The predicted octanol–water partition coefficient (Wildman–Crippen LogP) is 3.01. The normalized spacial score (nSPS) is 24.9. The van der Waals surface area contributed by atoms with Crippen molar-refractivity contribution >= 4 is 11.3 Å². The van der Waals surface area contributed by atoms with Crippen molar-refractivity contribution in [2.75, 3.05) is 13.2 Å². The molecule has 2 atom stereocenters. The number of hydrogen-bond acceptors (Lipinski definition) is 5. The highest BCUT2D eigenvalue weighted by Crippen LogP contribution is 2.38. The van der Waals surface area contributed by atoms with Gasteiger partial charge in [-0.15, -0.1) is 11.3 Å². The second-order valence-electron chi connectivity index (χ2n) is 6.64. The maximum atomic E-state index is 5.94. The lowest BCUT2D eigenvalue weighted by Gasteiger charge is -2.22. The fraction of sp³-hybridized carbons (Fsp3) is 0.647. The summed E-state index contributed by atoms with van der Waals surface area (Å²) in [6.07, 6.45) is 9.20. The second-order valence-corrected chi connectivity index (χ2v) is 7.79. The van der Waals surface area contributed by atoms with Gasteiger partial charge in [0.2, 0.25) is 0 Å². The monoisotopic (exact) mass is 332 g/mol. The van der Waals surface area contributed by atoms with E-state index < -0.39 is 0 Å². The average Bonchev–Trinajstić information content (AvgIpc) is 3.19. The van der Waals surface area contributed by atoms with Gasteiger partial charge in [0, 0.05) is 55.9 Å². The first-order valence-corrected chi connectivity index (χ1v) is 9.37. The maximum absolute atomic E-state index is 5.94. The summed E-state index contributed by atoms with van der Waals surface area (Å²) in [5.74, 6) is 1.26. The third-order valence-corrected chi connectivity index (χ3v) is 6.26. The average molecular weight is 332 g/mol. The van der Waals surface area contributed by atoms with Gasteiger partial charge in [0.15, 0.2) is 0 Å². The topological polar surface area (TPSA) is 52.0 Å². The Labute approximate surface area is 141 Å². The van der Waals surface area contributed by atoms with E-state index in [-0.39, 0.29) is 6.10 Å². The highest BCUT2D eigenvalue weighted by molar-refractivity contribution is 7.11. The quantitative estimate of drug-likeness (QED) is 0.883. The number of nitrogens with one attached hydrogen (secondary N) is 1. The van der Waals surface area contributed by atoms with Gasteiger partial charge in [-0.2, -0.15) is 5.10 Å². The van der Waals surface area contributed by atoms with E-state index in [1.807, 2.05) is 29.3 Å². The summed E-state index contributed by atoms with van der Waals surface area (Å²) in [6.45, 7) is 2.74. The lowest BCUT2D eigenvalue weighted by molar-refractivity contribution is 0.0838. The number of thiazole rings is 1. The summed E-state index contributed by atoms with van der Waals surface area (Å²) in [7, 11) is 1.99. The van der Waals surface area contributed by atoms with Crippen LogP contribution >= 0.6 is 11.3 Å². The number of aryl methyl sites for hydroxylation is 1. The molecule has 124 valence electrons. The molecule has 6 heteroatoms. The molecule has 1 N–H and O–H groups in total. The molecule has 1 saturated carbocycles. The van der Waals surface area contributed by atoms with Crippen molar-refractivity contribution in [1.82, 2.24) is 20.1 Å². The number of nitrogens with zero attached hydrogens (tertiary/aromatic N) is 3. The molecule has 2 aliphatic rings. The summed E-state index contributed by atoms with van der Waals surface area (Å²) in [5, 5.41) is 9.21. The Bertz CT molecular complexity index is 649. The van der Waals surface area contributed by atoms with Crippen LogP contribution in [0.15, 0.2) is 18.5 Å². The lowest BCUT2D eigenvalue weighted by Crippen LogP contribution is -2.25. The van der Waals surface area contributed by atoms with E-state index in [4.69, 9.17) is 4.74 Å². The van der Waals surface area contributed by atoms with Crippen molar-refractivity contribution in [1.29, 1.82) is 0 Å². The third-order valence-electron chi connectivity index (χ3n) is 5.10. The first-order chi connectivity index (χ1) is 11.3. The molecule has 1 saturated heterocycles. The minimum Gasteiger partial charge on any atom is -0.372 e. The largest absolute Gasteiger partial charge is 0.372 e. The number of hydrogen-bond donors (Lipinski definition) is 1. The molecule has 2 aromatic rings. The van der Waals surface area contributed by atoms with Crippen LogP contribution in [0.2, 0.25) is 0 Å². The molecule has 0 aromatic carbocycles. The molecule has 0 unspecified atom stereocenters. The van der Waals surface area contributed by atoms with Crippen LogP contribution in [-0.4, -0.2) is 27.9 Å². The molecule has 4 rings (SSSR count). The van der Waals surface area contributed by atoms with Crippen LogP contribution < -0.4 is 5.32 Å². The number of ether oxygens (including phenoxy) is 1. The molecule has 0 spiro atoms. The van der Waals surface area contributed by atoms with Gasteiger partial charge in [-0.1, -0.05) is 6.42 Å². The first-order valence-electron chi connectivity index (χ1n) is 8.56. The number of aromatic nitrogens is 3. The second kappa shape index (κ2) is 6.71. The van der Waals surface area contributed by atoms with E-state index in [1.165, 1.54) is 34.8 Å². The van der Waals surface area contributed by atoms with Gasteiger partial charge >= 0.3 is 0 Å². The van der Waals surface area contributed by atoms with E-state index in [0.717, 1.165) is 32.0 Å². The predicted molar refractivity (Wildman–Crippen MR) is 90.4 cm³/mol. The third kappa shape index (κ3) is 3.20. The smallest absolute Gasteiger partial charge is 0.103 e. The Hall–Kier alpha value is -1.24. The molecule has 1 aliphatic carbocycles. The zero-order valence-electron chi connectivity index (χ0n) is 13.6. The van der Waals surface area contributed by atoms with Crippen LogP contribution in [0.25, 0.3) is 0 Å². The Kier molecular flexibility index (Phi) is 4.46. The summed E-state index contributed by atoms with van der Waals surface area (Å²) in [4.78, 5) is 5.95. The van der Waals surface area contributed by atoms with Crippen LogP contribution in [0.1, 0.15) is 53.3 Å². The summed E-state index contributed by atoms with van der Waals surface area (Å²) in [6, 6.07) is 2.07. The van der Waals surface area contributed by atoms with Gasteiger partial charge in [0.05, 0.1) is 10.7 Å². The Morgan fingerprint density at radius 1 is 1.39 bits per heavy atom. The molecule has 2 aromatic heterocycles. The SMILES string of the molecule is Cn1nccc1[C@@H]1OCC[C@H]1CNCc1cnc(C2CCC2)s1. The van der Waals surface area contributed by atoms with E-state index in [2.05, 4.69) is 27.7 Å². The van der Waals surface area contributed by atoms with Crippen molar-refractivity contribution in [2.45, 2.75) is 44.2 Å². The van der Waals surface area contributed by atoms with Crippen LogP contribution in [-0.2, 0) is 18.3 Å². The van der Waals surface area contributed by atoms with Gasteiger partial charge in [-0.25, -0.2) is 4.98 Å². The standard InChI is InChI=1S/C17H24N4OS/c1-21-15(5-7-20-21)16-13(6-8-22-16)9-18-10-14-11-19-17(23-14)12-3-2-4-12/h5,7,11-13,16,18H,2-4,6,8-10H2,1H3/t13-,16+/m0/s1.